The van der Waals surface area contributed by atoms with Crippen LogP contribution in [0.1, 0.15) is 88.1 Å². The second-order valence-electron chi connectivity index (χ2n) is 11.7. The van der Waals surface area contributed by atoms with Crippen molar-refractivity contribution in [2.24, 2.45) is 0 Å². The van der Waals surface area contributed by atoms with Gasteiger partial charge in [0.1, 0.15) is 17.7 Å². The highest BCUT2D eigenvalue weighted by Gasteiger charge is 2.35. The summed E-state index contributed by atoms with van der Waals surface area (Å²) in [5.41, 5.74) is 3.04. The number of fused-ring (bicyclic) bond motifs is 3. The van der Waals surface area contributed by atoms with Crippen LogP contribution in [0.4, 0.5) is 0 Å². The van der Waals surface area contributed by atoms with E-state index in [9.17, 15) is 19.2 Å². The summed E-state index contributed by atoms with van der Waals surface area (Å²) in [4.78, 5) is 61.8. The van der Waals surface area contributed by atoms with Crippen LogP contribution in [-0.2, 0) is 29.0 Å². The zero-order chi connectivity index (χ0) is 29.9. The summed E-state index contributed by atoms with van der Waals surface area (Å²) < 4.78 is 1.80. The molecule has 0 bridgehead atoms. The SMILES string of the molecule is Cc1nc2n(n1)CCN(C(=O)c1cccc3c1CCC3=O)CCCC(=O)N1CCCC[C@H]1C(=O)N[C@@H]2Cc1ccccc1. The van der Waals surface area contributed by atoms with Crippen molar-refractivity contribution >= 4 is 23.5 Å². The van der Waals surface area contributed by atoms with Crippen LogP contribution in [-0.4, -0.2) is 73.7 Å². The molecule has 10 heteroatoms. The van der Waals surface area contributed by atoms with E-state index in [4.69, 9.17) is 4.98 Å². The third-order valence-electron chi connectivity index (χ3n) is 8.84. The highest BCUT2D eigenvalue weighted by atomic mass is 16.2. The van der Waals surface area contributed by atoms with Gasteiger partial charge in [0.05, 0.1) is 12.6 Å². The monoisotopic (exact) mass is 582 g/mol. The molecule has 2 aromatic carbocycles. The standard InChI is InChI=1S/C33H38N6O4/c1-22-34-31-27(21-23-9-3-2-4-10-23)35-32(42)28-13-5-6-18-38(28)30(41)14-8-17-37(19-20-39(31)36-22)33(43)26-12-7-11-25-24(26)15-16-29(25)40/h2-4,7,9-12,27-28H,5-6,8,13-21H2,1H3,(H,35,42)/t27-,28+/m1/s1. The quantitative estimate of drug-likeness (QED) is 0.506. The van der Waals surface area contributed by atoms with Gasteiger partial charge in [0.2, 0.25) is 11.8 Å². The molecule has 0 unspecified atom stereocenters. The molecule has 1 fully saturated rings. The van der Waals surface area contributed by atoms with Gasteiger partial charge in [-0.3, -0.25) is 19.2 Å². The average Bonchev–Trinajstić information content (AvgIpc) is 3.59. The minimum absolute atomic E-state index is 0.0610. The predicted molar refractivity (Wildman–Crippen MR) is 159 cm³/mol. The predicted octanol–water partition coefficient (Wildman–Crippen LogP) is 3.43. The van der Waals surface area contributed by atoms with Crippen molar-refractivity contribution < 1.29 is 19.2 Å². The Morgan fingerprint density at radius 3 is 2.58 bits per heavy atom. The van der Waals surface area contributed by atoms with Gasteiger partial charge >= 0.3 is 0 Å². The third-order valence-corrected chi connectivity index (χ3v) is 8.84. The maximum absolute atomic E-state index is 14.0. The van der Waals surface area contributed by atoms with Crippen molar-refractivity contribution in [3.8, 4) is 0 Å². The number of Topliss-reactive ketones (excluding diaryl/α,β-unsaturated/α-hetero) is 1. The lowest BCUT2D eigenvalue weighted by Gasteiger charge is -2.36. The highest BCUT2D eigenvalue weighted by molar-refractivity contribution is 6.05. The topological polar surface area (TPSA) is 118 Å². The highest BCUT2D eigenvalue weighted by Crippen LogP contribution is 2.27. The van der Waals surface area contributed by atoms with Crippen LogP contribution in [0.25, 0.3) is 0 Å². The van der Waals surface area contributed by atoms with Gasteiger partial charge in [-0.1, -0.05) is 42.5 Å². The number of aryl methyl sites for hydroxylation is 1. The molecule has 0 radical (unpaired) electrons. The number of nitrogens with zero attached hydrogens (tertiary/aromatic N) is 5. The Balaban J connectivity index is 1.35. The van der Waals surface area contributed by atoms with Gasteiger partial charge in [-0.25, -0.2) is 9.67 Å². The molecular weight excluding hydrogens is 544 g/mol. The van der Waals surface area contributed by atoms with Gasteiger partial charge in [0.25, 0.3) is 5.91 Å². The van der Waals surface area contributed by atoms with E-state index in [0.717, 1.165) is 24.0 Å². The first kappa shape index (κ1) is 28.8. The zero-order valence-corrected chi connectivity index (χ0v) is 24.6. The van der Waals surface area contributed by atoms with Crippen LogP contribution in [0.15, 0.2) is 48.5 Å². The largest absolute Gasteiger partial charge is 0.344 e. The first-order valence-corrected chi connectivity index (χ1v) is 15.4. The Hall–Kier alpha value is -4.34. The van der Waals surface area contributed by atoms with Crippen molar-refractivity contribution in [3.63, 3.8) is 0 Å². The number of carbonyl (C=O) groups is 4. The van der Waals surface area contributed by atoms with Gasteiger partial charge < -0.3 is 15.1 Å². The van der Waals surface area contributed by atoms with Gasteiger partial charge in [0, 0.05) is 43.6 Å². The first-order chi connectivity index (χ1) is 20.9. The molecule has 3 heterocycles. The van der Waals surface area contributed by atoms with E-state index in [1.165, 1.54) is 0 Å². The number of piperidine rings is 1. The van der Waals surface area contributed by atoms with E-state index < -0.39 is 12.1 Å². The van der Waals surface area contributed by atoms with Crippen LogP contribution < -0.4 is 5.32 Å². The molecule has 10 nitrogen and oxygen atoms in total. The number of nitrogens with one attached hydrogen (secondary N) is 1. The van der Waals surface area contributed by atoms with Crippen LogP contribution in [0, 0.1) is 6.92 Å². The number of amides is 3. The van der Waals surface area contributed by atoms with E-state index >= 15 is 0 Å². The molecular formula is C33H38N6O4. The van der Waals surface area contributed by atoms with Crippen molar-refractivity contribution in [1.82, 2.24) is 29.9 Å². The minimum atomic E-state index is -0.540. The molecule has 3 amide bonds. The lowest BCUT2D eigenvalue weighted by molar-refractivity contribution is -0.142. The molecule has 1 saturated heterocycles. The van der Waals surface area contributed by atoms with Crippen LogP contribution in [0.3, 0.4) is 0 Å². The number of aromatic nitrogens is 3. The van der Waals surface area contributed by atoms with Crippen molar-refractivity contribution in [2.75, 3.05) is 19.6 Å². The van der Waals surface area contributed by atoms with Crippen LogP contribution in [0.5, 0.6) is 0 Å². The molecule has 224 valence electrons. The summed E-state index contributed by atoms with van der Waals surface area (Å²) in [7, 11) is 0. The second kappa shape index (κ2) is 12.5. The molecule has 2 aliphatic heterocycles. The summed E-state index contributed by atoms with van der Waals surface area (Å²) >= 11 is 0. The number of rotatable bonds is 3. The minimum Gasteiger partial charge on any atom is -0.344 e. The van der Waals surface area contributed by atoms with Crippen LogP contribution >= 0.6 is 0 Å². The normalized spacial score (nSPS) is 21.5. The molecule has 1 aliphatic carbocycles. The molecule has 43 heavy (non-hydrogen) atoms. The van der Waals surface area contributed by atoms with Crippen molar-refractivity contribution in [1.29, 1.82) is 0 Å². The van der Waals surface area contributed by atoms with Gasteiger partial charge in [0.15, 0.2) is 5.78 Å². The molecule has 1 aromatic heterocycles. The summed E-state index contributed by atoms with van der Waals surface area (Å²) in [6.07, 6.45) is 4.57. The molecule has 6 rings (SSSR count). The van der Waals surface area contributed by atoms with E-state index in [1.807, 2.05) is 37.3 Å². The lowest BCUT2D eigenvalue weighted by atomic mass is 9.99. The fourth-order valence-electron chi connectivity index (χ4n) is 6.68. The van der Waals surface area contributed by atoms with E-state index in [0.29, 0.717) is 81.1 Å². The van der Waals surface area contributed by atoms with E-state index in [2.05, 4.69) is 10.4 Å². The number of benzene rings is 2. The molecule has 0 saturated carbocycles. The zero-order valence-electron chi connectivity index (χ0n) is 24.6. The Kier molecular flexibility index (Phi) is 8.35. The third kappa shape index (κ3) is 6.09. The smallest absolute Gasteiger partial charge is 0.254 e. The van der Waals surface area contributed by atoms with Gasteiger partial charge in [-0.05, 0) is 62.6 Å². The molecule has 2 atom stereocenters. The summed E-state index contributed by atoms with van der Waals surface area (Å²) in [5, 5.41) is 7.91. The van der Waals surface area contributed by atoms with E-state index in [-0.39, 0.29) is 29.9 Å². The number of hydrogen-bond donors (Lipinski definition) is 1. The fourth-order valence-corrected chi connectivity index (χ4v) is 6.68. The van der Waals surface area contributed by atoms with Crippen LogP contribution in [0.2, 0.25) is 0 Å². The number of carbonyl (C=O) groups excluding carboxylic acids is 4. The number of hydrogen-bond acceptors (Lipinski definition) is 6. The maximum Gasteiger partial charge on any atom is 0.254 e. The summed E-state index contributed by atoms with van der Waals surface area (Å²) in [6, 6.07) is 14.3. The van der Waals surface area contributed by atoms with Crippen molar-refractivity contribution in [3.05, 3.63) is 82.4 Å². The second-order valence-corrected chi connectivity index (χ2v) is 11.7. The Bertz CT molecular complexity index is 1530. The molecule has 3 aliphatic rings. The first-order valence-electron chi connectivity index (χ1n) is 15.4. The Labute approximate surface area is 251 Å². The van der Waals surface area contributed by atoms with Gasteiger partial charge in [-0.2, -0.15) is 5.10 Å². The van der Waals surface area contributed by atoms with Gasteiger partial charge in [-0.15, -0.1) is 0 Å². The number of ketones is 1. The summed E-state index contributed by atoms with van der Waals surface area (Å²) in [5.74, 6) is 0.908. The van der Waals surface area contributed by atoms with Crippen molar-refractivity contribution in [2.45, 2.75) is 76.9 Å². The molecule has 3 aromatic rings. The fraction of sp³-hybridized carbons (Fsp3) is 0.455. The lowest BCUT2D eigenvalue weighted by Crippen LogP contribution is -2.53. The summed E-state index contributed by atoms with van der Waals surface area (Å²) in [6.45, 7) is 3.47. The van der Waals surface area contributed by atoms with E-state index in [1.54, 1.807) is 32.7 Å². The average molecular weight is 583 g/mol. The Morgan fingerprint density at radius 1 is 0.907 bits per heavy atom. The Morgan fingerprint density at radius 2 is 1.74 bits per heavy atom. The molecule has 0 spiro atoms. The molecule has 1 N–H and O–H groups in total. The maximum atomic E-state index is 14.0.